The summed E-state index contributed by atoms with van der Waals surface area (Å²) >= 11 is 11.7. The third-order valence-electron chi connectivity index (χ3n) is 7.99. The van der Waals surface area contributed by atoms with Crippen LogP contribution in [0.15, 0.2) is 66.9 Å². The number of nitrogens with zero attached hydrogens (tertiary/aromatic N) is 1. The van der Waals surface area contributed by atoms with Gasteiger partial charge in [0.1, 0.15) is 23.5 Å². The summed E-state index contributed by atoms with van der Waals surface area (Å²) in [5, 5.41) is 18.8. The number of halogens is 7. The summed E-state index contributed by atoms with van der Waals surface area (Å²) in [4.78, 5) is 56.7. The monoisotopic (exact) mass is 789 g/mol. The lowest BCUT2D eigenvalue weighted by atomic mass is 9.96. The fraction of sp³-hybridized carbons (Fsp3) is 0.400. The van der Waals surface area contributed by atoms with E-state index in [1.54, 1.807) is 12.1 Å². The minimum atomic E-state index is -5.10. The summed E-state index contributed by atoms with van der Waals surface area (Å²) in [6.07, 6.45) is -6.65. The van der Waals surface area contributed by atoms with Crippen LogP contribution in [0.1, 0.15) is 60.8 Å². The number of nitrogens with one attached hydrogen (secondary N) is 4. The smallest absolute Gasteiger partial charge is 0.416 e. The Morgan fingerprint density at radius 2 is 1.55 bits per heavy atom. The number of ether oxygens (including phenoxy) is 1. The van der Waals surface area contributed by atoms with Crippen molar-refractivity contribution >= 4 is 46.8 Å². The second kappa shape index (κ2) is 19.0. The summed E-state index contributed by atoms with van der Waals surface area (Å²) in [5.74, 6) is -9.54. The van der Waals surface area contributed by atoms with Gasteiger partial charge in [0.05, 0.1) is 23.2 Å². The molecule has 18 heteroatoms. The summed E-state index contributed by atoms with van der Waals surface area (Å²) in [7, 11) is 1.36. The molecule has 11 nitrogen and oxygen atoms in total. The van der Waals surface area contributed by atoms with E-state index < -0.39 is 71.4 Å². The Bertz CT molecular complexity index is 1720. The molecular formula is C35H38Cl2F5N5O6. The van der Waals surface area contributed by atoms with E-state index in [1.807, 2.05) is 5.32 Å². The summed E-state index contributed by atoms with van der Waals surface area (Å²) in [6.45, 7) is 2.74. The van der Waals surface area contributed by atoms with Gasteiger partial charge in [0.2, 0.25) is 11.8 Å². The Labute approximate surface area is 312 Å². The maximum absolute atomic E-state index is 15.4. The van der Waals surface area contributed by atoms with Crippen LogP contribution >= 0.6 is 23.2 Å². The predicted octanol–water partition coefficient (Wildman–Crippen LogP) is 5.50. The molecule has 0 aliphatic rings. The molecule has 0 radical (unpaired) electrons. The standard InChI is InChI=1S/C35H38Cl2F5N5O6/c1-19(2)27(29(48)35(40,41)42)46-32(51)28(20-10-13-22(53-3)14-11-20)47-31(50)26(9-5-7-17-44-30(49)25-8-4-6-16-43-25)45-33(52)34(38,39)21-12-15-23(36)24(37)18-21/h4,6,8,10-16,18-19,26-29,48H,5,7,9,17H2,1-3H3,(H,44,49)(H,45,52)(H,46,51)(H,47,50). The zero-order valence-electron chi connectivity index (χ0n) is 28.6. The first-order chi connectivity index (χ1) is 24.9. The largest absolute Gasteiger partial charge is 0.497 e. The number of methoxy groups -OCH3 is 1. The van der Waals surface area contributed by atoms with E-state index in [2.05, 4.69) is 20.9 Å². The zero-order valence-corrected chi connectivity index (χ0v) is 30.2. The van der Waals surface area contributed by atoms with Crippen LogP contribution in [0.25, 0.3) is 0 Å². The van der Waals surface area contributed by atoms with Gasteiger partial charge in [-0.1, -0.05) is 61.3 Å². The molecule has 2 aromatic carbocycles. The number of hydrogen-bond acceptors (Lipinski definition) is 7. The topological polar surface area (TPSA) is 159 Å². The van der Waals surface area contributed by atoms with E-state index in [1.165, 1.54) is 57.5 Å². The highest BCUT2D eigenvalue weighted by atomic mass is 35.5. The Hall–Kier alpha value is -4.54. The number of alkyl halides is 5. The normalized spacial score (nSPS) is 14.0. The molecule has 53 heavy (non-hydrogen) atoms. The molecule has 288 valence electrons. The molecule has 5 N–H and O–H groups in total. The lowest BCUT2D eigenvalue weighted by Gasteiger charge is -2.31. The van der Waals surface area contributed by atoms with Crippen molar-refractivity contribution in [1.29, 1.82) is 0 Å². The Morgan fingerprint density at radius 1 is 0.868 bits per heavy atom. The maximum atomic E-state index is 15.4. The summed E-state index contributed by atoms with van der Waals surface area (Å²) in [6, 6.07) is 7.62. The van der Waals surface area contributed by atoms with Crippen molar-refractivity contribution in [3.8, 4) is 5.75 Å². The molecule has 0 bridgehead atoms. The number of aromatic nitrogens is 1. The van der Waals surface area contributed by atoms with Crippen molar-refractivity contribution in [3.05, 3.63) is 93.7 Å². The van der Waals surface area contributed by atoms with Crippen LogP contribution in [0.4, 0.5) is 22.0 Å². The second-order valence-electron chi connectivity index (χ2n) is 12.2. The highest BCUT2D eigenvalue weighted by molar-refractivity contribution is 6.42. The third kappa shape index (κ3) is 12.0. The van der Waals surface area contributed by atoms with E-state index in [4.69, 9.17) is 27.9 Å². The lowest BCUT2D eigenvalue weighted by molar-refractivity contribution is -0.215. The third-order valence-corrected chi connectivity index (χ3v) is 8.73. The van der Waals surface area contributed by atoms with Crippen molar-refractivity contribution < 1.29 is 51.0 Å². The number of aliphatic hydroxyl groups is 1. The molecule has 0 spiro atoms. The van der Waals surface area contributed by atoms with Crippen LogP contribution in [-0.4, -0.2) is 71.7 Å². The van der Waals surface area contributed by atoms with Gasteiger partial charge in [-0.2, -0.15) is 22.0 Å². The number of carbonyl (C=O) groups excluding carboxylic acids is 4. The number of aliphatic hydroxyl groups excluding tert-OH is 1. The van der Waals surface area contributed by atoms with E-state index >= 15 is 8.78 Å². The fourth-order valence-corrected chi connectivity index (χ4v) is 5.30. The minimum absolute atomic E-state index is 0.0455. The maximum Gasteiger partial charge on any atom is 0.416 e. The van der Waals surface area contributed by atoms with E-state index in [9.17, 15) is 37.5 Å². The Balaban J connectivity index is 1.89. The summed E-state index contributed by atoms with van der Waals surface area (Å²) < 4.78 is 76.4. The van der Waals surface area contributed by atoms with Gasteiger partial charge < -0.3 is 31.1 Å². The zero-order chi connectivity index (χ0) is 39.5. The number of hydrogen-bond donors (Lipinski definition) is 5. The minimum Gasteiger partial charge on any atom is -0.497 e. The predicted molar refractivity (Wildman–Crippen MR) is 185 cm³/mol. The van der Waals surface area contributed by atoms with Crippen molar-refractivity contribution in [2.75, 3.05) is 13.7 Å². The van der Waals surface area contributed by atoms with Crippen LogP contribution in [0.5, 0.6) is 5.75 Å². The van der Waals surface area contributed by atoms with Crippen LogP contribution < -0.4 is 26.0 Å². The van der Waals surface area contributed by atoms with Gasteiger partial charge in [-0.25, -0.2) is 0 Å². The summed E-state index contributed by atoms with van der Waals surface area (Å²) in [5.41, 5.74) is -0.643. The van der Waals surface area contributed by atoms with E-state index in [0.29, 0.717) is 5.75 Å². The molecule has 0 fully saturated rings. The van der Waals surface area contributed by atoms with Gasteiger partial charge in [-0.3, -0.25) is 24.2 Å². The molecule has 0 saturated heterocycles. The van der Waals surface area contributed by atoms with Gasteiger partial charge in [0.25, 0.3) is 11.8 Å². The number of amides is 4. The van der Waals surface area contributed by atoms with Crippen molar-refractivity contribution in [2.45, 2.75) is 69.4 Å². The Kier molecular flexibility index (Phi) is 15.4. The molecule has 3 rings (SSSR count). The average Bonchev–Trinajstić information content (AvgIpc) is 3.12. The number of rotatable bonds is 17. The van der Waals surface area contributed by atoms with Gasteiger partial charge in [-0.15, -0.1) is 0 Å². The average molecular weight is 791 g/mol. The quantitative estimate of drug-likeness (QED) is 0.0894. The lowest BCUT2D eigenvalue weighted by Crippen LogP contribution is -2.56. The van der Waals surface area contributed by atoms with Crippen LogP contribution in [0.2, 0.25) is 10.0 Å². The number of pyridine rings is 1. The van der Waals surface area contributed by atoms with Crippen molar-refractivity contribution in [3.63, 3.8) is 0 Å². The van der Waals surface area contributed by atoms with Crippen molar-refractivity contribution in [2.24, 2.45) is 5.92 Å². The van der Waals surface area contributed by atoms with E-state index in [0.717, 1.165) is 18.2 Å². The SMILES string of the molecule is COc1ccc(C(NC(=O)C(CCCCNC(=O)c2ccccn2)NC(=O)C(F)(F)c2ccc(Cl)c(Cl)c2)C(=O)NC(C(C)C)C(O)C(F)(F)F)cc1. The molecule has 0 aliphatic heterocycles. The number of carbonyl (C=O) groups is 4. The molecule has 3 aromatic rings. The van der Waals surface area contributed by atoms with Crippen LogP contribution in [0.3, 0.4) is 0 Å². The first kappa shape index (κ1) is 42.9. The second-order valence-corrected chi connectivity index (χ2v) is 13.0. The number of benzene rings is 2. The molecule has 0 saturated carbocycles. The van der Waals surface area contributed by atoms with Crippen LogP contribution in [0, 0.1) is 5.92 Å². The van der Waals surface area contributed by atoms with Gasteiger partial charge in [-0.05, 0) is 67.1 Å². The first-order valence-electron chi connectivity index (χ1n) is 16.2. The molecular weight excluding hydrogens is 752 g/mol. The Morgan fingerprint density at radius 3 is 2.11 bits per heavy atom. The highest BCUT2D eigenvalue weighted by Crippen LogP contribution is 2.33. The highest BCUT2D eigenvalue weighted by Gasteiger charge is 2.46. The number of unbranched alkanes of at least 4 members (excludes halogenated alkanes) is 1. The van der Waals surface area contributed by atoms with Gasteiger partial charge in [0.15, 0.2) is 6.10 Å². The molecule has 4 amide bonds. The van der Waals surface area contributed by atoms with Gasteiger partial charge in [0, 0.05) is 18.3 Å². The van der Waals surface area contributed by atoms with Crippen LogP contribution in [-0.2, 0) is 20.3 Å². The molecule has 4 unspecified atom stereocenters. The first-order valence-corrected chi connectivity index (χ1v) is 16.9. The van der Waals surface area contributed by atoms with E-state index in [-0.39, 0.29) is 47.1 Å². The molecule has 1 heterocycles. The molecule has 4 atom stereocenters. The van der Waals surface area contributed by atoms with Crippen molar-refractivity contribution in [1.82, 2.24) is 26.3 Å². The molecule has 1 aromatic heterocycles. The van der Waals surface area contributed by atoms with Gasteiger partial charge >= 0.3 is 12.1 Å². The fourth-order valence-electron chi connectivity index (χ4n) is 5.00. The molecule has 0 aliphatic carbocycles.